The molecule has 0 bridgehead atoms. The van der Waals surface area contributed by atoms with Gasteiger partial charge in [0.15, 0.2) is 5.96 Å². The third-order valence-corrected chi connectivity index (χ3v) is 4.13. The Morgan fingerprint density at radius 2 is 2.13 bits per heavy atom. The summed E-state index contributed by atoms with van der Waals surface area (Å²) in [7, 11) is 0. The standard InChI is InChI=1S/C18H29N3O2/c1-3-19-17(20-12-7-13-23-4-2)21-14-18(22)11-10-15-8-5-6-9-16(15)18/h5-6,8-9,22H,3-4,7,10-14H2,1-2H3,(H2,19,20,21). The number of aryl methyl sites for hydroxylation is 1. The summed E-state index contributed by atoms with van der Waals surface area (Å²) >= 11 is 0. The largest absolute Gasteiger partial charge is 0.383 e. The topological polar surface area (TPSA) is 65.9 Å². The minimum absolute atomic E-state index is 0.380. The molecule has 0 radical (unpaired) electrons. The molecule has 0 heterocycles. The first-order valence-corrected chi connectivity index (χ1v) is 8.60. The van der Waals surface area contributed by atoms with Gasteiger partial charge in [-0.25, -0.2) is 4.99 Å². The summed E-state index contributed by atoms with van der Waals surface area (Å²) in [6.07, 6.45) is 2.59. The van der Waals surface area contributed by atoms with E-state index >= 15 is 0 Å². The average molecular weight is 319 g/mol. The van der Waals surface area contributed by atoms with E-state index in [2.05, 4.69) is 21.7 Å². The van der Waals surface area contributed by atoms with Crippen LogP contribution in [0.5, 0.6) is 0 Å². The highest BCUT2D eigenvalue weighted by atomic mass is 16.5. The molecule has 3 N–H and O–H groups in total. The molecule has 1 aromatic rings. The van der Waals surface area contributed by atoms with Crippen LogP contribution in [0, 0.1) is 0 Å². The second kappa shape index (κ2) is 8.89. The molecule has 128 valence electrons. The van der Waals surface area contributed by atoms with Crippen molar-refractivity contribution in [2.75, 3.05) is 32.8 Å². The number of aliphatic hydroxyl groups is 1. The van der Waals surface area contributed by atoms with Gasteiger partial charge in [-0.1, -0.05) is 24.3 Å². The van der Waals surface area contributed by atoms with Crippen LogP contribution < -0.4 is 10.6 Å². The van der Waals surface area contributed by atoms with Gasteiger partial charge in [0.1, 0.15) is 5.60 Å². The Labute approximate surface area is 139 Å². The van der Waals surface area contributed by atoms with Crippen molar-refractivity contribution in [2.45, 2.75) is 38.7 Å². The number of hydrogen-bond acceptors (Lipinski definition) is 3. The quantitative estimate of drug-likeness (QED) is 0.388. The molecule has 0 amide bonds. The molecule has 1 atom stereocenters. The van der Waals surface area contributed by atoms with Gasteiger partial charge in [0.25, 0.3) is 0 Å². The maximum atomic E-state index is 10.9. The Hall–Kier alpha value is -1.59. The predicted octanol–water partition coefficient (Wildman–Crippen LogP) is 1.80. The Bertz CT molecular complexity index is 519. The zero-order valence-corrected chi connectivity index (χ0v) is 14.3. The number of rotatable bonds is 8. The number of nitrogens with one attached hydrogen (secondary N) is 2. The molecule has 0 fully saturated rings. The van der Waals surface area contributed by atoms with E-state index in [0.717, 1.165) is 57.1 Å². The van der Waals surface area contributed by atoms with Crippen molar-refractivity contribution in [3.63, 3.8) is 0 Å². The first kappa shape index (κ1) is 17.8. The molecule has 2 rings (SSSR count). The summed E-state index contributed by atoms with van der Waals surface area (Å²) in [5.74, 6) is 0.752. The van der Waals surface area contributed by atoms with E-state index < -0.39 is 5.60 Å². The zero-order chi connectivity index (χ0) is 16.5. The van der Waals surface area contributed by atoms with Crippen LogP contribution >= 0.6 is 0 Å². The van der Waals surface area contributed by atoms with Gasteiger partial charge in [-0.2, -0.15) is 0 Å². The smallest absolute Gasteiger partial charge is 0.191 e. The Morgan fingerprint density at radius 3 is 2.91 bits per heavy atom. The van der Waals surface area contributed by atoms with Crippen LogP contribution in [0.25, 0.3) is 0 Å². The van der Waals surface area contributed by atoms with Crippen LogP contribution in [0.15, 0.2) is 29.3 Å². The number of nitrogens with zero attached hydrogens (tertiary/aromatic N) is 1. The van der Waals surface area contributed by atoms with Gasteiger partial charge in [-0.3, -0.25) is 0 Å². The molecule has 0 spiro atoms. The summed E-state index contributed by atoms with van der Waals surface area (Å²) in [6.45, 7) is 7.52. The minimum Gasteiger partial charge on any atom is -0.383 e. The highest BCUT2D eigenvalue weighted by Gasteiger charge is 2.36. The second-order valence-corrected chi connectivity index (χ2v) is 5.86. The number of benzene rings is 1. The highest BCUT2D eigenvalue weighted by molar-refractivity contribution is 5.79. The van der Waals surface area contributed by atoms with Crippen molar-refractivity contribution >= 4 is 5.96 Å². The SMILES string of the molecule is CCNC(=NCC1(O)CCc2ccccc21)NCCCOCC. The van der Waals surface area contributed by atoms with Crippen molar-refractivity contribution in [2.24, 2.45) is 4.99 Å². The van der Waals surface area contributed by atoms with Crippen LogP contribution in [0.3, 0.4) is 0 Å². The fourth-order valence-corrected chi connectivity index (χ4v) is 2.91. The third kappa shape index (κ3) is 4.94. The molecule has 1 unspecified atom stereocenters. The lowest BCUT2D eigenvalue weighted by Crippen LogP contribution is -2.39. The van der Waals surface area contributed by atoms with E-state index in [0.29, 0.717) is 6.54 Å². The van der Waals surface area contributed by atoms with Crippen molar-refractivity contribution in [3.8, 4) is 0 Å². The molecule has 0 saturated carbocycles. The summed E-state index contributed by atoms with van der Waals surface area (Å²) in [6, 6.07) is 8.11. The molecular weight excluding hydrogens is 290 g/mol. The zero-order valence-electron chi connectivity index (χ0n) is 14.3. The van der Waals surface area contributed by atoms with Gasteiger partial charge in [-0.15, -0.1) is 0 Å². The monoisotopic (exact) mass is 319 g/mol. The van der Waals surface area contributed by atoms with E-state index in [1.807, 2.05) is 32.0 Å². The van der Waals surface area contributed by atoms with E-state index in [1.165, 1.54) is 5.56 Å². The number of guanidine groups is 1. The van der Waals surface area contributed by atoms with Crippen molar-refractivity contribution in [3.05, 3.63) is 35.4 Å². The van der Waals surface area contributed by atoms with Crippen LogP contribution in [-0.2, 0) is 16.8 Å². The van der Waals surface area contributed by atoms with Crippen molar-refractivity contribution in [1.29, 1.82) is 0 Å². The maximum Gasteiger partial charge on any atom is 0.191 e. The fourth-order valence-electron chi connectivity index (χ4n) is 2.91. The number of hydrogen-bond donors (Lipinski definition) is 3. The Morgan fingerprint density at radius 1 is 1.30 bits per heavy atom. The van der Waals surface area contributed by atoms with Gasteiger partial charge >= 0.3 is 0 Å². The lowest BCUT2D eigenvalue weighted by molar-refractivity contribution is 0.0485. The van der Waals surface area contributed by atoms with E-state index in [-0.39, 0.29) is 0 Å². The fraction of sp³-hybridized carbons (Fsp3) is 0.611. The molecule has 0 saturated heterocycles. The molecule has 0 aliphatic heterocycles. The highest BCUT2D eigenvalue weighted by Crippen LogP contribution is 2.36. The molecular formula is C18H29N3O2. The van der Waals surface area contributed by atoms with Gasteiger partial charge in [0, 0.05) is 26.3 Å². The number of aliphatic imine (C=N–C) groups is 1. The number of ether oxygens (including phenoxy) is 1. The molecule has 1 aliphatic carbocycles. The minimum atomic E-state index is -0.843. The predicted molar refractivity (Wildman–Crippen MR) is 93.8 cm³/mol. The lowest BCUT2D eigenvalue weighted by atomic mass is 9.96. The van der Waals surface area contributed by atoms with Crippen LogP contribution in [0.4, 0.5) is 0 Å². The maximum absolute atomic E-state index is 10.9. The van der Waals surface area contributed by atoms with E-state index in [9.17, 15) is 5.11 Å². The molecule has 1 aromatic carbocycles. The number of fused-ring (bicyclic) bond motifs is 1. The lowest BCUT2D eigenvalue weighted by Gasteiger charge is -2.22. The molecule has 0 aromatic heterocycles. The van der Waals surface area contributed by atoms with Crippen LogP contribution in [0.2, 0.25) is 0 Å². The first-order valence-electron chi connectivity index (χ1n) is 8.60. The molecule has 5 heteroatoms. The third-order valence-electron chi connectivity index (χ3n) is 4.13. The molecule has 5 nitrogen and oxygen atoms in total. The summed E-state index contributed by atoms with van der Waals surface area (Å²) < 4.78 is 5.33. The molecule has 1 aliphatic rings. The summed E-state index contributed by atoms with van der Waals surface area (Å²) in [5, 5.41) is 17.4. The van der Waals surface area contributed by atoms with Crippen molar-refractivity contribution in [1.82, 2.24) is 10.6 Å². The van der Waals surface area contributed by atoms with Crippen LogP contribution in [-0.4, -0.2) is 43.9 Å². The van der Waals surface area contributed by atoms with Gasteiger partial charge in [0.05, 0.1) is 6.54 Å². The summed E-state index contributed by atoms with van der Waals surface area (Å²) in [5.41, 5.74) is 1.42. The van der Waals surface area contributed by atoms with E-state index in [4.69, 9.17) is 4.74 Å². The second-order valence-electron chi connectivity index (χ2n) is 5.86. The van der Waals surface area contributed by atoms with Crippen molar-refractivity contribution < 1.29 is 9.84 Å². The van der Waals surface area contributed by atoms with Gasteiger partial charge in [-0.05, 0) is 44.2 Å². The first-order chi connectivity index (χ1) is 11.2. The summed E-state index contributed by atoms with van der Waals surface area (Å²) in [4.78, 5) is 4.59. The van der Waals surface area contributed by atoms with Gasteiger partial charge < -0.3 is 20.5 Å². The Balaban J connectivity index is 1.92. The normalized spacial score (nSPS) is 20.4. The van der Waals surface area contributed by atoms with E-state index in [1.54, 1.807) is 0 Å². The van der Waals surface area contributed by atoms with Crippen LogP contribution in [0.1, 0.15) is 37.8 Å². The Kier molecular flexibility index (Phi) is 6.86. The average Bonchev–Trinajstić information content (AvgIpc) is 2.90. The van der Waals surface area contributed by atoms with Gasteiger partial charge in [0.2, 0.25) is 0 Å². The molecule has 23 heavy (non-hydrogen) atoms.